The molecule has 0 aliphatic carbocycles. The number of nitrogens with zero attached hydrogens (tertiary/aromatic N) is 2. The first kappa shape index (κ1) is 19.1. The van der Waals surface area contributed by atoms with Crippen molar-refractivity contribution in [3.63, 3.8) is 0 Å². The summed E-state index contributed by atoms with van der Waals surface area (Å²) >= 11 is 0. The molecule has 5 nitrogen and oxygen atoms in total. The number of nitrogens with one attached hydrogen (secondary N) is 1. The third-order valence-electron chi connectivity index (χ3n) is 5.03. The molecule has 1 amide bonds. The van der Waals surface area contributed by atoms with Crippen molar-refractivity contribution < 1.29 is 9.53 Å². The zero-order valence-electron chi connectivity index (χ0n) is 15.6. The first-order chi connectivity index (χ1) is 13.2. The minimum Gasteiger partial charge on any atom is -0.383 e. The maximum absolute atomic E-state index is 13.1. The van der Waals surface area contributed by atoms with Crippen LogP contribution in [-0.2, 0) is 16.1 Å². The molecule has 140 valence electrons. The van der Waals surface area contributed by atoms with Gasteiger partial charge in [0.2, 0.25) is 5.91 Å². The molecule has 0 radical (unpaired) electrons. The van der Waals surface area contributed by atoms with Gasteiger partial charge in [-0.3, -0.25) is 4.79 Å². The minimum atomic E-state index is -0.112. The average Bonchev–Trinajstić information content (AvgIpc) is 3.06. The zero-order chi connectivity index (χ0) is 19.1. The third-order valence-corrected chi connectivity index (χ3v) is 5.03. The topological polar surface area (TPSA) is 65.4 Å². The van der Waals surface area contributed by atoms with Gasteiger partial charge in [-0.05, 0) is 29.7 Å². The molecule has 1 N–H and O–H groups in total. The Bertz CT molecular complexity index is 783. The van der Waals surface area contributed by atoms with Crippen LogP contribution in [0.1, 0.15) is 29.2 Å². The lowest BCUT2D eigenvalue weighted by atomic mass is 9.91. The summed E-state index contributed by atoms with van der Waals surface area (Å²) in [6.07, 6.45) is 0.816. The summed E-state index contributed by atoms with van der Waals surface area (Å²) in [5, 5.41) is 12.5. The number of hydrogen-bond acceptors (Lipinski definition) is 4. The van der Waals surface area contributed by atoms with Crippen molar-refractivity contribution in [2.24, 2.45) is 5.92 Å². The van der Waals surface area contributed by atoms with Crippen molar-refractivity contribution in [1.82, 2.24) is 10.2 Å². The molecule has 0 aromatic heterocycles. The molecule has 1 aliphatic rings. The fourth-order valence-electron chi connectivity index (χ4n) is 3.61. The molecule has 2 aromatic carbocycles. The van der Waals surface area contributed by atoms with Gasteiger partial charge in [0.15, 0.2) is 0 Å². The van der Waals surface area contributed by atoms with E-state index in [1.807, 2.05) is 47.4 Å². The predicted molar refractivity (Wildman–Crippen MR) is 104 cm³/mol. The third kappa shape index (κ3) is 4.73. The maximum atomic E-state index is 13.1. The van der Waals surface area contributed by atoms with Gasteiger partial charge >= 0.3 is 0 Å². The monoisotopic (exact) mass is 363 g/mol. The lowest BCUT2D eigenvalue weighted by Crippen LogP contribution is -2.36. The summed E-state index contributed by atoms with van der Waals surface area (Å²) in [4.78, 5) is 15.0. The highest BCUT2D eigenvalue weighted by atomic mass is 16.5. The van der Waals surface area contributed by atoms with Gasteiger partial charge in [0.05, 0.1) is 24.2 Å². The van der Waals surface area contributed by atoms with E-state index in [0.29, 0.717) is 25.3 Å². The highest BCUT2D eigenvalue weighted by Crippen LogP contribution is 2.32. The SMILES string of the molecule is COCCN[C@@H](c1ccc(C#N)cc1)[C@@H]1CCN(Cc2ccccc2)C1=O. The summed E-state index contributed by atoms with van der Waals surface area (Å²) in [5.74, 6) is 0.0663. The van der Waals surface area contributed by atoms with Gasteiger partial charge in [-0.15, -0.1) is 0 Å². The molecule has 2 aromatic rings. The maximum Gasteiger partial charge on any atom is 0.227 e. The molecule has 1 fully saturated rings. The summed E-state index contributed by atoms with van der Waals surface area (Å²) in [7, 11) is 1.67. The number of hydrogen-bond donors (Lipinski definition) is 1. The van der Waals surface area contributed by atoms with E-state index in [1.165, 1.54) is 0 Å². The second kappa shape index (κ2) is 9.31. The van der Waals surface area contributed by atoms with Gasteiger partial charge in [0.25, 0.3) is 0 Å². The number of likely N-dealkylation sites (tertiary alicyclic amines) is 1. The highest BCUT2D eigenvalue weighted by Gasteiger charge is 2.37. The lowest BCUT2D eigenvalue weighted by Gasteiger charge is -2.25. The van der Waals surface area contributed by atoms with Crippen LogP contribution in [0.2, 0.25) is 0 Å². The number of amides is 1. The molecule has 0 spiro atoms. The Kier molecular flexibility index (Phi) is 6.59. The molecule has 0 unspecified atom stereocenters. The predicted octanol–water partition coefficient (Wildman–Crippen LogP) is 2.88. The number of methoxy groups -OCH3 is 1. The van der Waals surface area contributed by atoms with E-state index in [4.69, 9.17) is 10.00 Å². The zero-order valence-corrected chi connectivity index (χ0v) is 15.6. The van der Waals surface area contributed by atoms with Crippen molar-refractivity contribution in [3.05, 3.63) is 71.3 Å². The van der Waals surface area contributed by atoms with E-state index in [-0.39, 0.29) is 17.9 Å². The van der Waals surface area contributed by atoms with E-state index in [9.17, 15) is 4.79 Å². The quantitative estimate of drug-likeness (QED) is 0.733. The van der Waals surface area contributed by atoms with Crippen LogP contribution in [-0.4, -0.2) is 37.6 Å². The second-order valence-corrected chi connectivity index (χ2v) is 6.80. The Morgan fingerprint density at radius 3 is 2.63 bits per heavy atom. The fraction of sp³-hybridized carbons (Fsp3) is 0.364. The highest BCUT2D eigenvalue weighted by molar-refractivity contribution is 5.81. The van der Waals surface area contributed by atoms with Gasteiger partial charge in [-0.1, -0.05) is 42.5 Å². The Labute approximate surface area is 160 Å². The van der Waals surface area contributed by atoms with Gasteiger partial charge in [0, 0.05) is 32.8 Å². The number of rotatable bonds is 8. The van der Waals surface area contributed by atoms with Crippen molar-refractivity contribution in [2.45, 2.75) is 19.0 Å². The smallest absolute Gasteiger partial charge is 0.227 e. The van der Waals surface area contributed by atoms with Gasteiger partial charge in [-0.25, -0.2) is 0 Å². The summed E-state index contributed by atoms with van der Waals surface area (Å²) < 4.78 is 5.15. The Morgan fingerprint density at radius 2 is 1.96 bits per heavy atom. The van der Waals surface area contributed by atoms with E-state index in [2.05, 4.69) is 23.5 Å². The van der Waals surface area contributed by atoms with E-state index in [0.717, 1.165) is 24.1 Å². The van der Waals surface area contributed by atoms with E-state index >= 15 is 0 Å². The molecule has 1 heterocycles. The van der Waals surface area contributed by atoms with Gasteiger partial charge in [0.1, 0.15) is 0 Å². The molecular weight excluding hydrogens is 338 g/mol. The van der Waals surface area contributed by atoms with Gasteiger partial charge in [-0.2, -0.15) is 5.26 Å². The van der Waals surface area contributed by atoms with Crippen LogP contribution in [0.25, 0.3) is 0 Å². The lowest BCUT2D eigenvalue weighted by molar-refractivity contribution is -0.132. The Morgan fingerprint density at radius 1 is 1.22 bits per heavy atom. The van der Waals surface area contributed by atoms with Crippen LogP contribution >= 0.6 is 0 Å². The average molecular weight is 363 g/mol. The Balaban J connectivity index is 1.75. The number of benzene rings is 2. The number of carbonyl (C=O) groups excluding carboxylic acids is 1. The van der Waals surface area contributed by atoms with Crippen molar-refractivity contribution >= 4 is 5.91 Å². The van der Waals surface area contributed by atoms with Gasteiger partial charge < -0.3 is 15.0 Å². The fourth-order valence-corrected chi connectivity index (χ4v) is 3.61. The van der Waals surface area contributed by atoms with Crippen molar-refractivity contribution in [1.29, 1.82) is 5.26 Å². The molecule has 1 aliphatic heterocycles. The first-order valence-electron chi connectivity index (χ1n) is 9.28. The van der Waals surface area contributed by atoms with Crippen molar-refractivity contribution in [3.8, 4) is 6.07 Å². The summed E-state index contributed by atoms with van der Waals surface area (Å²) in [6.45, 7) is 2.66. The molecule has 1 saturated heterocycles. The van der Waals surface area contributed by atoms with Crippen LogP contribution in [0.15, 0.2) is 54.6 Å². The van der Waals surface area contributed by atoms with Crippen LogP contribution in [0, 0.1) is 17.2 Å². The number of ether oxygens (including phenoxy) is 1. The first-order valence-corrected chi connectivity index (χ1v) is 9.28. The van der Waals surface area contributed by atoms with Crippen LogP contribution in [0.5, 0.6) is 0 Å². The number of carbonyl (C=O) groups is 1. The van der Waals surface area contributed by atoms with Crippen LogP contribution in [0.4, 0.5) is 0 Å². The molecule has 0 bridgehead atoms. The molecule has 2 atom stereocenters. The van der Waals surface area contributed by atoms with E-state index in [1.54, 1.807) is 7.11 Å². The minimum absolute atomic E-state index is 0.0823. The Hall–Kier alpha value is -2.68. The molecular formula is C22H25N3O2. The molecule has 27 heavy (non-hydrogen) atoms. The van der Waals surface area contributed by atoms with Crippen LogP contribution in [0.3, 0.4) is 0 Å². The van der Waals surface area contributed by atoms with Crippen LogP contribution < -0.4 is 5.32 Å². The largest absolute Gasteiger partial charge is 0.383 e. The summed E-state index contributed by atoms with van der Waals surface area (Å²) in [6, 6.07) is 19.6. The summed E-state index contributed by atoms with van der Waals surface area (Å²) in [5.41, 5.74) is 2.80. The molecule has 5 heteroatoms. The molecule has 3 rings (SSSR count). The number of nitriles is 1. The molecule has 0 saturated carbocycles. The normalized spacial score (nSPS) is 17.7. The standard InChI is InChI=1S/C22H25N3O2/c1-27-14-12-24-21(19-9-7-17(15-23)8-10-19)20-11-13-25(22(20)26)16-18-5-3-2-4-6-18/h2-10,20-21,24H,11-14,16H2,1H3/t20-,21-/m0/s1. The van der Waals surface area contributed by atoms with Crippen molar-refractivity contribution in [2.75, 3.05) is 26.8 Å². The second-order valence-electron chi connectivity index (χ2n) is 6.80. The van der Waals surface area contributed by atoms with E-state index < -0.39 is 0 Å².